The van der Waals surface area contributed by atoms with Crippen molar-refractivity contribution in [2.24, 2.45) is 0 Å². The number of methoxy groups -OCH3 is 2. The first-order chi connectivity index (χ1) is 16.2. The number of ether oxygens (including phenoxy) is 2. The quantitative estimate of drug-likeness (QED) is 0.445. The second-order valence-electron chi connectivity index (χ2n) is 8.27. The number of hydrogen-bond acceptors (Lipinski definition) is 7. The first-order valence-electron chi connectivity index (χ1n) is 11.1. The fourth-order valence-electron chi connectivity index (χ4n) is 4.28. The van der Waals surface area contributed by atoms with Crippen molar-refractivity contribution in [2.45, 2.75) is 19.4 Å². The van der Waals surface area contributed by atoms with Crippen LogP contribution in [0.5, 0.6) is 11.5 Å². The molecule has 0 fully saturated rings. The number of hydrogen-bond donors (Lipinski definition) is 1. The molecule has 2 aromatic carbocycles. The van der Waals surface area contributed by atoms with Crippen molar-refractivity contribution in [3.63, 3.8) is 0 Å². The number of likely N-dealkylation sites (N-methyl/N-ethyl adjacent to an activating group) is 1. The number of aromatic amines is 1. The highest BCUT2D eigenvalue weighted by molar-refractivity contribution is 5.91. The Morgan fingerprint density at radius 1 is 1.00 bits per heavy atom. The van der Waals surface area contributed by atoms with Crippen molar-refractivity contribution in [1.82, 2.24) is 20.2 Å². The number of aromatic nitrogens is 4. The van der Waals surface area contributed by atoms with Gasteiger partial charge in [0.25, 0.3) is 0 Å². The predicted octanol–water partition coefficient (Wildman–Crippen LogP) is 3.61. The molecule has 0 unspecified atom stereocenters. The molecule has 1 aliphatic heterocycles. The second-order valence-corrected chi connectivity index (χ2v) is 8.27. The standard InChI is InChI=1S/C25H28N6O2/c1-30(13-11-17-9-10-20(32-2)21(15-17)33-3)25-26-23-22-19(28-29-23)12-14-31(24(22)27-25)16-18-7-5-4-6-8-18/h4-10,15H,11-14,16H2,1-3H3,(H,26,27,28,29). The molecule has 8 nitrogen and oxygen atoms in total. The third-order valence-electron chi connectivity index (χ3n) is 6.13. The molecule has 8 heteroatoms. The highest BCUT2D eigenvalue weighted by Crippen LogP contribution is 2.33. The Labute approximate surface area is 193 Å². The molecule has 3 heterocycles. The lowest BCUT2D eigenvalue weighted by Gasteiger charge is -2.29. The minimum atomic E-state index is 0.677. The lowest BCUT2D eigenvalue weighted by Crippen LogP contribution is -2.31. The maximum absolute atomic E-state index is 5.44. The summed E-state index contributed by atoms with van der Waals surface area (Å²) in [5.74, 6) is 3.10. The van der Waals surface area contributed by atoms with Crippen LogP contribution in [0.1, 0.15) is 16.8 Å². The van der Waals surface area contributed by atoms with E-state index >= 15 is 0 Å². The molecule has 4 aromatic rings. The van der Waals surface area contributed by atoms with E-state index in [0.717, 1.165) is 72.1 Å². The minimum Gasteiger partial charge on any atom is -0.493 e. The molecule has 5 rings (SSSR count). The van der Waals surface area contributed by atoms with Crippen LogP contribution in [-0.4, -0.2) is 54.5 Å². The van der Waals surface area contributed by atoms with E-state index in [0.29, 0.717) is 5.95 Å². The van der Waals surface area contributed by atoms with E-state index in [-0.39, 0.29) is 0 Å². The average molecular weight is 445 g/mol. The second kappa shape index (κ2) is 8.97. The van der Waals surface area contributed by atoms with Crippen LogP contribution in [0.4, 0.5) is 11.8 Å². The van der Waals surface area contributed by atoms with Crippen LogP contribution < -0.4 is 19.3 Å². The Bertz CT molecular complexity index is 1260. The molecule has 1 aliphatic rings. The molecular weight excluding hydrogens is 416 g/mol. The Morgan fingerprint density at radius 2 is 1.82 bits per heavy atom. The van der Waals surface area contributed by atoms with E-state index in [1.807, 2.05) is 25.2 Å². The summed E-state index contributed by atoms with van der Waals surface area (Å²) in [4.78, 5) is 14.2. The zero-order valence-corrected chi connectivity index (χ0v) is 19.2. The summed E-state index contributed by atoms with van der Waals surface area (Å²) in [5.41, 5.74) is 4.26. The van der Waals surface area contributed by atoms with Crippen molar-refractivity contribution in [2.75, 3.05) is 44.2 Å². The van der Waals surface area contributed by atoms with E-state index in [1.165, 1.54) is 5.56 Å². The molecule has 33 heavy (non-hydrogen) atoms. The SMILES string of the molecule is COc1ccc(CCN(C)c2nc3c4c([nH]nc4n2)CCN3Cc2ccccc2)cc1OC. The highest BCUT2D eigenvalue weighted by Gasteiger charge is 2.25. The summed E-state index contributed by atoms with van der Waals surface area (Å²) in [6.07, 6.45) is 1.74. The van der Waals surface area contributed by atoms with Crippen LogP contribution >= 0.6 is 0 Å². The molecule has 0 saturated heterocycles. The van der Waals surface area contributed by atoms with Crippen LogP contribution in [0.25, 0.3) is 11.0 Å². The predicted molar refractivity (Wildman–Crippen MR) is 129 cm³/mol. The average Bonchev–Trinajstić information content (AvgIpc) is 3.28. The molecular formula is C25H28N6O2. The summed E-state index contributed by atoms with van der Waals surface area (Å²) in [5, 5.41) is 8.68. The molecule has 0 saturated carbocycles. The van der Waals surface area contributed by atoms with Gasteiger partial charge in [0, 0.05) is 33.1 Å². The molecule has 0 spiro atoms. The Hall–Kier alpha value is -3.81. The van der Waals surface area contributed by atoms with Gasteiger partial charge in [-0.25, -0.2) is 0 Å². The Balaban J connectivity index is 1.39. The zero-order chi connectivity index (χ0) is 22.8. The van der Waals surface area contributed by atoms with Crippen LogP contribution in [-0.2, 0) is 19.4 Å². The van der Waals surface area contributed by atoms with Crippen molar-refractivity contribution in [1.29, 1.82) is 0 Å². The van der Waals surface area contributed by atoms with E-state index in [9.17, 15) is 0 Å². The van der Waals surface area contributed by atoms with E-state index in [1.54, 1.807) is 14.2 Å². The fraction of sp³-hybridized carbons (Fsp3) is 0.320. The topological polar surface area (TPSA) is 79.4 Å². The van der Waals surface area contributed by atoms with Crippen molar-refractivity contribution in [3.05, 3.63) is 65.4 Å². The first-order valence-corrected chi connectivity index (χ1v) is 11.1. The van der Waals surface area contributed by atoms with Gasteiger partial charge in [-0.05, 0) is 29.7 Å². The number of rotatable bonds is 8. The van der Waals surface area contributed by atoms with Crippen LogP contribution in [0.2, 0.25) is 0 Å². The smallest absolute Gasteiger partial charge is 0.229 e. The maximum Gasteiger partial charge on any atom is 0.229 e. The van der Waals surface area contributed by atoms with Gasteiger partial charge in [-0.1, -0.05) is 36.4 Å². The molecule has 0 bridgehead atoms. The highest BCUT2D eigenvalue weighted by atomic mass is 16.5. The number of nitrogens with one attached hydrogen (secondary N) is 1. The summed E-state index contributed by atoms with van der Waals surface area (Å²) < 4.78 is 10.8. The van der Waals surface area contributed by atoms with Gasteiger partial charge in [0.1, 0.15) is 5.82 Å². The third kappa shape index (κ3) is 4.16. The molecule has 0 amide bonds. The summed E-state index contributed by atoms with van der Waals surface area (Å²) in [6.45, 7) is 2.47. The van der Waals surface area contributed by atoms with Crippen LogP contribution in [0.15, 0.2) is 48.5 Å². The normalized spacial score (nSPS) is 12.8. The van der Waals surface area contributed by atoms with E-state index < -0.39 is 0 Å². The van der Waals surface area contributed by atoms with Gasteiger partial charge < -0.3 is 19.3 Å². The zero-order valence-electron chi connectivity index (χ0n) is 19.2. The third-order valence-corrected chi connectivity index (χ3v) is 6.13. The molecule has 0 radical (unpaired) electrons. The summed E-state index contributed by atoms with van der Waals surface area (Å²) in [6, 6.07) is 16.5. The van der Waals surface area contributed by atoms with Gasteiger partial charge in [-0.2, -0.15) is 15.1 Å². The van der Waals surface area contributed by atoms with Gasteiger partial charge >= 0.3 is 0 Å². The summed E-state index contributed by atoms with van der Waals surface area (Å²) in [7, 11) is 5.32. The molecule has 0 aliphatic carbocycles. The fourth-order valence-corrected chi connectivity index (χ4v) is 4.28. The van der Waals surface area contributed by atoms with Gasteiger partial charge in [0.2, 0.25) is 5.95 Å². The maximum atomic E-state index is 5.44. The van der Waals surface area contributed by atoms with Gasteiger partial charge in [0.05, 0.1) is 25.3 Å². The van der Waals surface area contributed by atoms with E-state index in [4.69, 9.17) is 19.4 Å². The van der Waals surface area contributed by atoms with Crippen LogP contribution in [0, 0.1) is 0 Å². The van der Waals surface area contributed by atoms with Crippen molar-refractivity contribution >= 4 is 22.8 Å². The van der Waals surface area contributed by atoms with E-state index in [2.05, 4.69) is 50.3 Å². The molecule has 2 aromatic heterocycles. The van der Waals surface area contributed by atoms with Crippen molar-refractivity contribution in [3.8, 4) is 11.5 Å². The van der Waals surface area contributed by atoms with Gasteiger partial charge in [-0.3, -0.25) is 5.10 Å². The minimum absolute atomic E-state index is 0.677. The molecule has 170 valence electrons. The van der Waals surface area contributed by atoms with Crippen molar-refractivity contribution < 1.29 is 9.47 Å². The number of benzene rings is 2. The van der Waals surface area contributed by atoms with Gasteiger partial charge in [0.15, 0.2) is 17.1 Å². The Kier molecular flexibility index (Phi) is 5.73. The molecule has 1 N–H and O–H groups in total. The monoisotopic (exact) mass is 444 g/mol. The number of anilines is 2. The lowest BCUT2D eigenvalue weighted by molar-refractivity contribution is 0.354. The number of nitrogens with zero attached hydrogens (tertiary/aromatic N) is 5. The van der Waals surface area contributed by atoms with Gasteiger partial charge in [-0.15, -0.1) is 0 Å². The number of H-pyrrole nitrogens is 1. The first kappa shape index (κ1) is 21.1. The molecule has 0 atom stereocenters. The summed E-state index contributed by atoms with van der Waals surface area (Å²) >= 11 is 0. The lowest BCUT2D eigenvalue weighted by atomic mass is 10.1. The Morgan fingerprint density at radius 3 is 2.61 bits per heavy atom. The van der Waals surface area contributed by atoms with Crippen LogP contribution in [0.3, 0.4) is 0 Å². The largest absolute Gasteiger partial charge is 0.493 e.